The summed E-state index contributed by atoms with van der Waals surface area (Å²) in [7, 11) is -3.28. The number of sulfonamides is 1. The summed E-state index contributed by atoms with van der Waals surface area (Å²) in [6.45, 7) is 8.06. The number of nitrogens with zero attached hydrogens (tertiary/aromatic N) is 1. The molecule has 0 aliphatic heterocycles. The van der Waals surface area contributed by atoms with Gasteiger partial charge >= 0.3 is 0 Å². The molecule has 23 heavy (non-hydrogen) atoms. The Morgan fingerprint density at radius 1 is 1.09 bits per heavy atom. The average Bonchev–Trinajstić information content (AvgIpc) is 2.48. The first-order valence-electron chi connectivity index (χ1n) is 7.54. The largest absolute Gasteiger partial charge is 0.340 e. The standard InChI is InChI=1S/C17H23N3O2S/c1-5-23(21,22)20-13-10-11-16(18-12-13)19-15-9-7-6-8-14(15)17(2,3)4/h6-12,20H,5H2,1-4H3,(H,18,19). The number of aromatic nitrogens is 1. The Kier molecular flexibility index (Phi) is 4.94. The first-order chi connectivity index (χ1) is 10.7. The van der Waals surface area contributed by atoms with Crippen LogP contribution in [0, 0.1) is 0 Å². The van der Waals surface area contributed by atoms with Crippen molar-refractivity contribution in [1.29, 1.82) is 0 Å². The van der Waals surface area contributed by atoms with E-state index in [2.05, 4.69) is 41.9 Å². The third-order valence-corrected chi connectivity index (χ3v) is 4.72. The van der Waals surface area contributed by atoms with E-state index in [1.807, 2.05) is 18.2 Å². The van der Waals surface area contributed by atoms with Crippen molar-refractivity contribution in [1.82, 2.24) is 4.98 Å². The predicted octanol–water partition coefficient (Wildman–Crippen LogP) is 3.88. The number of rotatable bonds is 5. The number of hydrogen-bond donors (Lipinski definition) is 2. The van der Waals surface area contributed by atoms with Gasteiger partial charge in [-0.3, -0.25) is 4.72 Å². The second-order valence-corrected chi connectivity index (χ2v) is 8.37. The Balaban J connectivity index is 2.20. The highest BCUT2D eigenvalue weighted by Crippen LogP contribution is 2.30. The smallest absolute Gasteiger partial charge is 0.232 e. The van der Waals surface area contributed by atoms with E-state index in [0.29, 0.717) is 11.5 Å². The molecule has 0 spiro atoms. The molecule has 0 amide bonds. The van der Waals surface area contributed by atoms with E-state index >= 15 is 0 Å². The Hall–Kier alpha value is -2.08. The highest BCUT2D eigenvalue weighted by molar-refractivity contribution is 7.92. The molecule has 0 saturated carbocycles. The van der Waals surface area contributed by atoms with Gasteiger partial charge in [0.2, 0.25) is 10.0 Å². The van der Waals surface area contributed by atoms with Crippen LogP contribution >= 0.6 is 0 Å². The monoisotopic (exact) mass is 333 g/mol. The molecule has 1 heterocycles. The van der Waals surface area contributed by atoms with Crippen molar-refractivity contribution in [3.63, 3.8) is 0 Å². The molecular weight excluding hydrogens is 310 g/mol. The molecule has 0 aliphatic rings. The minimum Gasteiger partial charge on any atom is -0.340 e. The van der Waals surface area contributed by atoms with Gasteiger partial charge in [0, 0.05) is 5.69 Å². The number of nitrogens with one attached hydrogen (secondary N) is 2. The molecule has 124 valence electrons. The number of pyridine rings is 1. The average molecular weight is 333 g/mol. The topological polar surface area (TPSA) is 71.1 Å². The first kappa shape index (κ1) is 17.3. The van der Waals surface area contributed by atoms with E-state index < -0.39 is 10.0 Å². The lowest BCUT2D eigenvalue weighted by atomic mass is 9.86. The molecule has 0 unspecified atom stereocenters. The molecule has 2 rings (SSSR count). The van der Waals surface area contributed by atoms with Gasteiger partial charge in [-0.15, -0.1) is 0 Å². The van der Waals surface area contributed by atoms with E-state index in [-0.39, 0.29) is 11.2 Å². The molecule has 0 fully saturated rings. The summed E-state index contributed by atoms with van der Waals surface area (Å²) in [5.41, 5.74) is 2.66. The van der Waals surface area contributed by atoms with Crippen LogP contribution in [0.1, 0.15) is 33.3 Å². The fourth-order valence-corrected chi connectivity index (χ4v) is 2.79. The third kappa shape index (κ3) is 4.69. The normalized spacial score (nSPS) is 12.0. The van der Waals surface area contributed by atoms with Gasteiger partial charge in [-0.2, -0.15) is 0 Å². The molecule has 0 atom stereocenters. The fraction of sp³-hybridized carbons (Fsp3) is 0.353. The molecule has 0 saturated heterocycles. The zero-order valence-electron chi connectivity index (χ0n) is 13.9. The van der Waals surface area contributed by atoms with Gasteiger partial charge in [0.05, 0.1) is 17.6 Å². The molecule has 2 aromatic rings. The summed E-state index contributed by atoms with van der Waals surface area (Å²) < 4.78 is 25.6. The number of benzene rings is 1. The zero-order chi connectivity index (χ0) is 17.1. The lowest BCUT2D eigenvalue weighted by Gasteiger charge is -2.23. The highest BCUT2D eigenvalue weighted by Gasteiger charge is 2.17. The van der Waals surface area contributed by atoms with E-state index in [4.69, 9.17) is 0 Å². The summed E-state index contributed by atoms with van der Waals surface area (Å²) in [5.74, 6) is 0.701. The number of para-hydroxylation sites is 1. The Labute approximate surface area is 138 Å². The molecular formula is C17H23N3O2S. The maximum Gasteiger partial charge on any atom is 0.232 e. The van der Waals surface area contributed by atoms with Crippen LogP contribution in [-0.2, 0) is 15.4 Å². The summed E-state index contributed by atoms with van der Waals surface area (Å²) in [5, 5.41) is 3.29. The van der Waals surface area contributed by atoms with Crippen molar-refractivity contribution >= 4 is 27.2 Å². The van der Waals surface area contributed by atoms with Crippen molar-refractivity contribution < 1.29 is 8.42 Å². The van der Waals surface area contributed by atoms with Crippen LogP contribution in [-0.4, -0.2) is 19.2 Å². The van der Waals surface area contributed by atoms with Crippen LogP contribution in [0.25, 0.3) is 0 Å². The fourth-order valence-electron chi connectivity index (χ4n) is 2.16. The Bertz CT molecular complexity index is 763. The Morgan fingerprint density at radius 2 is 1.78 bits per heavy atom. The second kappa shape index (κ2) is 6.58. The van der Waals surface area contributed by atoms with Crippen LogP contribution in [0.5, 0.6) is 0 Å². The van der Waals surface area contributed by atoms with E-state index in [9.17, 15) is 8.42 Å². The minimum atomic E-state index is -3.28. The maximum atomic E-state index is 11.5. The predicted molar refractivity (Wildman–Crippen MR) is 95.7 cm³/mol. The van der Waals surface area contributed by atoms with Gasteiger partial charge in [-0.25, -0.2) is 13.4 Å². The minimum absolute atomic E-state index is 0.0142. The zero-order valence-corrected chi connectivity index (χ0v) is 14.7. The van der Waals surface area contributed by atoms with Crippen LogP contribution < -0.4 is 10.0 Å². The van der Waals surface area contributed by atoms with Gasteiger partial charge in [0.15, 0.2) is 0 Å². The van der Waals surface area contributed by atoms with Crippen molar-refractivity contribution in [2.75, 3.05) is 15.8 Å². The summed E-state index contributed by atoms with van der Waals surface area (Å²) >= 11 is 0. The van der Waals surface area contributed by atoms with Crippen LogP contribution in [0.4, 0.5) is 17.2 Å². The van der Waals surface area contributed by atoms with Gasteiger partial charge in [0.1, 0.15) is 5.82 Å². The van der Waals surface area contributed by atoms with Crippen molar-refractivity contribution in [3.8, 4) is 0 Å². The molecule has 5 nitrogen and oxygen atoms in total. The molecule has 2 N–H and O–H groups in total. The van der Waals surface area contributed by atoms with E-state index in [1.165, 1.54) is 11.8 Å². The molecule has 1 aromatic heterocycles. The molecule has 0 bridgehead atoms. The highest BCUT2D eigenvalue weighted by atomic mass is 32.2. The van der Waals surface area contributed by atoms with Crippen molar-refractivity contribution in [3.05, 3.63) is 48.2 Å². The van der Waals surface area contributed by atoms with Crippen LogP contribution in [0.2, 0.25) is 0 Å². The van der Waals surface area contributed by atoms with Crippen molar-refractivity contribution in [2.45, 2.75) is 33.1 Å². The van der Waals surface area contributed by atoms with Gasteiger partial charge < -0.3 is 5.32 Å². The maximum absolute atomic E-state index is 11.5. The SMILES string of the molecule is CCS(=O)(=O)Nc1ccc(Nc2ccccc2C(C)(C)C)nc1. The third-order valence-electron chi connectivity index (χ3n) is 3.41. The summed E-state index contributed by atoms with van der Waals surface area (Å²) in [6.07, 6.45) is 1.51. The van der Waals surface area contributed by atoms with E-state index in [0.717, 1.165) is 5.69 Å². The van der Waals surface area contributed by atoms with Crippen LogP contribution in [0.15, 0.2) is 42.6 Å². The van der Waals surface area contributed by atoms with Gasteiger partial charge in [0.25, 0.3) is 0 Å². The second-order valence-electron chi connectivity index (χ2n) is 6.36. The lowest BCUT2D eigenvalue weighted by molar-refractivity contribution is 0.592. The Morgan fingerprint density at radius 3 is 2.35 bits per heavy atom. The quantitative estimate of drug-likeness (QED) is 0.871. The van der Waals surface area contributed by atoms with Crippen LogP contribution in [0.3, 0.4) is 0 Å². The number of hydrogen-bond acceptors (Lipinski definition) is 4. The first-order valence-corrected chi connectivity index (χ1v) is 9.19. The molecule has 1 aromatic carbocycles. The molecule has 6 heteroatoms. The van der Waals surface area contributed by atoms with Crippen molar-refractivity contribution in [2.24, 2.45) is 0 Å². The lowest BCUT2D eigenvalue weighted by Crippen LogP contribution is -2.15. The summed E-state index contributed by atoms with van der Waals surface area (Å²) in [6, 6.07) is 11.5. The number of anilines is 3. The summed E-state index contributed by atoms with van der Waals surface area (Å²) in [4.78, 5) is 4.28. The molecule has 0 aliphatic carbocycles. The van der Waals surface area contributed by atoms with E-state index in [1.54, 1.807) is 19.1 Å². The molecule has 0 radical (unpaired) electrons. The van der Waals surface area contributed by atoms with Gasteiger partial charge in [-0.1, -0.05) is 39.0 Å². The van der Waals surface area contributed by atoms with Gasteiger partial charge in [-0.05, 0) is 36.1 Å².